The molecule has 0 spiro atoms. The standard InChI is InChI=1S/C22H28INO3.C13H13N.C2H6/c1-4-16(13-21(27-23)18-5-9-19(24)10-6-18)22(15(3)25)14(2)17-7-11-20(26)12-8-17;1-10-5-7-11(8-6-10)12-3-2-4-13(14)9-12;1-2/h5-12,14,16,21-22,26H,4,13,24H2,1-3H3;2-9H,14H2,1H3;1-2H3/t14?,16?,21?,22-;;/m1../s1. The van der Waals surface area contributed by atoms with Crippen LogP contribution < -0.4 is 11.5 Å². The number of ketones is 1. The van der Waals surface area contributed by atoms with Gasteiger partial charge >= 0.3 is 0 Å². The molecule has 3 unspecified atom stereocenters. The average Bonchev–Trinajstić information content (AvgIpc) is 3.01. The van der Waals surface area contributed by atoms with Gasteiger partial charge in [0.2, 0.25) is 0 Å². The van der Waals surface area contributed by atoms with Crippen molar-refractivity contribution >= 4 is 40.2 Å². The van der Waals surface area contributed by atoms with E-state index in [-0.39, 0.29) is 35.4 Å². The molecular weight excluding hydrogens is 647 g/mol. The van der Waals surface area contributed by atoms with Gasteiger partial charge in [-0.25, -0.2) is 0 Å². The molecule has 4 rings (SSSR count). The highest BCUT2D eigenvalue weighted by atomic mass is 127. The van der Waals surface area contributed by atoms with Crippen LogP contribution in [0.2, 0.25) is 0 Å². The van der Waals surface area contributed by atoms with Gasteiger partial charge in [-0.05, 0) is 90.8 Å². The van der Waals surface area contributed by atoms with Crippen LogP contribution in [0.3, 0.4) is 0 Å². The number of hydrogen-bond acceptors (Lipinski definition) is 5. The summed E-state index contributed by atoms with van der Waals surface area (Å²) in [6.07, 6.45) is 1.55. The van der Waals surface area contributed by atoms with Crippen LogP contribution in [0.5, 0.6) is 5.75 Å². The largest absolute Gasteiger partial charge is 0.508 e. The molecule has 0 aromatic heterocycles. The highest BCUT2D eigenvalue weighted by molar-refractivity contribution is 14.1. The van der Waals surface area contributed by atoms with Gasteiger partial charge in [0.05, 0.1) is 6.10 Å². The number of phenols is 1. The minimum Gasteiger partial charge on any atom is -0.508 e. The van der Waals surface area contributed by atoms with E-state index >= 15 is 0 Å². The minimum atomic E-state index is -0.109. The Kier molecular flexibility index (Phi) is 15.3. The van der Waals surface area contributed by atoms with Crippen molar-refractivity contribution in [3.05, 3.63) is 114 Å². The monoisotopic (exact) mass is 694 g/mol. The summed E-state index contributed by atoms with van der Waals surface area (Å²) in [4.78, 5) is 12.6. The van der Waals surface area contributed by atoms with Crippen LogP contribution in [-0.4, -0.2) is 10.9 Å². The lowest BCUT2D eigenvalue weighted by atomic mass is 9.73. The van der Waals surface area contributed by atoms with Crippen LogP contribution in [0.4, 0.5) is 11.4 Å². The van der Waals surface area contributed by atoms with Crippen LogP contribution in [0, 0.1) is 18.8 Å². The predicted octanol–water partition coefficient (Wildman–Crippen LogP) is 10.1. The Bertz CT molecular complexity index is 1370. The lowest BCUT2D eigenvalue weighted by molar-refractivity contribution is -0.123. The van der Waals surface area contributed by atoms with Gasteiger partial charge in [-0.15, -0.1) is 0 Å². The Morgan fingerprint density at radius 3 is 1.93 bits per heavy atom. The maximum absolute atomic E-state index is 12.6. The number of hydrogen-bond donors (Lipinski definition) is 3. The fourth-order valence-electron chi connectivity index (χ4n) is 5.32. The lowest BCUT2D eigenvalue weighted by Gasteiger charge is -2.32. The Labute approximate surface area is 272 Å². The highest BCUT2D eigenvalue weighted by Gasteiger charge is 2.33. The fourth-order valence-corrected chi connectivity index (χ4v) is 5.82. The Morgan fingerprint density at radius 1 is 0.837 bits per heavy atom. The minimum absolute atomic E-state index is 0.0642. The molecule has 0 saturated heterocycles. The van der Waals surface area contributed by atoms with Crippen molar-refractivity contribution in [3.8, 4) is 16.9 Å². The topological polar surface area (TPSA) is 98.6 Å². The van der Waals surface area contributed by atoms with Gasteiger partial charge in [0.25, 0.3) is 0 Å². The second-order valence-corrected chi connectivity index (χ2v) is 11.2. The lowest BCUT2D eigenvalue weighted by Crippen LogP contribution is -2.28. The van der Waals surface area contributed by atoms with Crippen molar-refractivity contribution in [2.75, 3.05) is 11.5 Å². The summed E-state index contributed by atoms with van der Waals surface area (Å²) >= 11 is 1.94. The zero-order chi connectivity index (χ0) is 31.9. The summed E-state index contributed by atoms with van der Waals surface area (Å²) in [6.45, 7) is 12.0. The van der Waals surface area contributed by atoms with Gasteiger partial charge in [-0.3, -0.25) is 4.79 Å². The summed E-state index contributed by atoms with van der Waals surface area (Å²) in [5.41, 5.74) is 18.8. The van der Waals surface area contributed by atoms with E-state index < -0.39 is 0 Å². The van der Waals surface area contributed by atoms with E-state index in [1.807, 2.05) is 91.5 Å². The molecule has 0 aliphatic heterocycles. The molecule has 5 N–H and O–H groups in total. The van der Waals surface area contributed by atoms with Crippen molar-refractivity contribution in [1.29, 1.82) is 0 Å². The normalized spacial score (nSPS) is 13.3. The fraction of sp³-hybridized carbons (Fsp3) is 0.324. The quantitative estimate of drug-likeness (QED) is 0.113. The Hall–Kier alpha value is -3.36. The van der Waals surface area contributed by atoms with Gasteiger partial charge in [0.1, 0.15) is 34.5 Å². The Morgan fingerprint density at radius 2 is 1.42 bits per heavy atom. The van der Waals surface area contributed by atoms with E-state index in [9.17, 15) is 9.90 Å². The number of halogens is 1. The van der Waals surface area contributed by atoms with Crippen LogP contribution >= 0.6 is 23.0 Å². The SMILES string of the molecule is CC.CCC(CC(OI)c1ccc(N)cc1)[C@@H](C(C)=O)C(C)c1ccc(O)cc1.Cc1ccc(-c2cccc(N)c2)cc1. The van der Waals surface area contributed by atoms with Gasteiger partial charge in [0, 0.05) is 17.3 Å². The van der Waals surface area contributed by atoms with Gasteiger partial charge < -0.3 is 19.6 Å². The summed E-state index contributed by atoms with van der Waals surface area (Å²) in [5.74, 6) is 0.561. The Balaban J connectivity index is 0.000000336. The van der Waals surface area contributed by atoms with Crippen molar-refractivity contribution in [3.63, 3.8) is 0 Å². The van der Waals surface area contributed by atoms with Crippen LogP contribution in [0.15, 0.2) is 97.1 Å². The van der Waals surface area contributed by atoms with Crippen LogP contribution in [0.1, 0.15) is 76.2 Å². The number of rotatable bonds is 10. The van der Waals surface area contributed by atoms with E-state index in [1.54, 1.807) is 19.1 Å². The summed E-state index contributed by atoms with van der Waals surface area (Å²) < 4.78 is 5.72. The van der Waals surface area contributed by atoms with Crippen LogP contribution in [0.25, 0.3) is 11.1 Å². The molecule has 4 aromatic carbocycles. The maximum Gasteiger partial charge on any atom is 0.133 e. The third kappa shape index (κ3) is 11.0. The average molecular weight is 695 g/mol. The van der Waals surface area contributed by atoms with Gasteiger partial charge in [-0.2, -0.15) is 0 Å². The molecule has 0 heterocycles. The molecule has 4 atom stereocenters. The van der Waals surface area contributed by atoms with Crippen molar-refractivity contribution in [2.24, 2.45) is 11.8 Å². The van der Waals surface area contributed by atoms with Gasteiger partial charge in [0.15, 0.2) is 0 Å². The van der Waals surface area contributed by atoms with E-state index in [2.05, 4.69) is 51.1 Å². The zero-order valence-corrected chi connectivity index (χ0v) is 28.4. The first kappa shape index (κ1) is 35.8. The number of carbonyl (C=O) groups is 1. The second-order valence-electron chi connectivity index (χ2n) is 10.7. The molecule has 0 aliphatic rings. The summed E-state index contributed by atoms with van der Waals surface area (Å²) in [5, 5.41) is 9.54. The molecule has 0 fully saturated rings. The molecule has 0 saturated carbocycles. The second kappa shape index (κ2) is 18.3. The first-order valence-electron chi connectivity index (χ1n) is 15.0. The smallest absolute Gasteiger partial charge is 0.133 e. The molecule has 230 valence electrons. The van der Waals surface area contributed by atoms with Crippen molar-refractivity contribution in [1.82, 2.24) is 0 Å². The van der Waals surface area contributed by atoms with E-state index in [1.165, 1.54) is 16.7 Å². The number of phenolic OH excluding ortho intramolecular Hbond substituents is 1. The number of aryl methyl sites for hydroxylation is 1. The number of anilines is 2. The first-order chi connectivity index (χ1) is 20.6. The number of carbonyl (C=O) groups excluding carboxylic acids is 1. The van der Waals surface area contributed by atoms with E-state index in [0.29, 0.717) is 0 Å². The van der Waals surface area contributed by atoms with E-state index in [0.717, 1.165) is 35.3 Å². The predicted molar refractivity (Wildman–Crippen MR) is 190 cm³/mol. The molecule has 0 bridgehead atoms. The summed E-state index contributed by atoms with van der Waals surface area (Å²) in [6, 6.07) is 31.3. The number of nitrogen functional groups attached to an aromatic ring is 2. The van der Waals surface area contributed by atoms with Crippen LogP contribution in [-0.2, 0) is 7.86 Å². The number of aromatic hydroxyl groups is 1. The molecule has 4 aromatic rings. The zero-order valence-electron chi connectivity index (χ0n) is 26.3. The number of benzene rings is 4. The molecule has 0 radical (unpaired) electrons. The molecule has 5 nitrogen and oxygen atoms in total. The third-order valence-corrected chi connectivity index (χ3v) is 8.28. The van der Waals surface area contributed by atoms with E-state index in [4.69, 9.17) is 14.5 Å². The van der Waals surface area contributed by atoms with Gasteiger partial charge in [-0.1, -0.05) is 100 Å². The maximum atomic E-state index is 12.6. The first-order valence-corrected chi connectivity index (χ1v) is 15.9. The molecule has 0 amide bonds. The molecule has 6 heteroatoms. The summed E-state index contributed by atoms with van der Waals surface area (Å²) in [7, 11) is 0. The molecule has 43 heavy (non-hydrogen) atoms. The van der Waals surface area contributed by atoms with Crippen molar-refractivity contribution < 1.29 is 13.0 Å². The van der Waals surface area contributed by atoms with Crippen molar-refractivity contribution in [2.45, 2.75) is 66.4 Å². The highest BCUT2D eigenvalue weighted by Crippen LogP contribution is 2.39. The molecule has 0 aliphatic carbocycles. The number of Topliss-reactive ketones (excluding diaryl/α,β-unsaturated/α-hetero) is 1. The third-order valence-electron chi connectivity index (χ3n) is 7.66. The molecular formula is C37H47IN2O3. The number of nitrogens with two attached hydrogens (primary N) is 2.